The van der Waals surface area contributed by atoms with Crippen LogP contribution in [0.4, 0.5) is 14.9 Å². The average Bonchev–Trinajstić information content (AvgIpc) is 2.87. The number of likely N-dealkylation sites (tertiary alicyclic amines) is 1. The first-order valence-corrected chi connectivity index (χ1v) is 7.51. The van der Waals surface area contributed by atoms with Gasteiger partial charge in [-0.25, -0.2) is 14.0 Å². The summed E-state index contributed by atoms with van der Waals surface area (Å²) in [6.07, 6.45) is -3.18. The molecule has 0 aliphatic carbocycles. The summed E-state index contributed by atoms with van der Waals surface area (Å²) in [7, 11) is 0. The molecule has 1 aliphatic heterocycles. The summed E-state index contributed by atoms with van der Waals surface area (Å²) < 4.78 is 24.4. The zero-order valence-corrected chi connectivity index (χ0v) is 13.7. The fraction of sp³-hybridized carbons (Fsp3) is 0.500. The Morgan fingerprint density at radius 2 is 1.83 bits per heavy atom. The van der Waals surface area contributed by atoms with Gasteiger partial charge in [0.1, 0.15) is 5.60 Å². The summed E-state index contributed by atoms with van der Waals surface area (Å²) in [4.78, 5) is 35.6. The van der Waals surface area contributed by atoms with E-state index in [0.29, 0.717) is 5.69 Å². The van der Waals surface area contributed by atoms with Crippen molar-refractivity contribution < 1.29 is 28.6 Å². The van der Waals surface area contributed by atoms with E-state index in [4.69, 9.17) is 9.47 Å². The number of nitroso groups, excluding NO2 is 1. The van der Waals surface area contributed by atoms with Gasteiger partial charge < -0.3 is 14.4 Å². The topological polar surface area (TPSA) is 86.9 Å². The molecule has 0 radical (unpaired) electrons. The molecule has 2 rings (SSSR count). The molecule has 1 saturated heterocycles. The predicted molar refractivity (Wildman–Crippen MR) is 82.3 cm³/mol. The second-order valence-electron chi connectivity index (χ2n) is 6.52. The molecule has 130 valence electrons. The first-order valence-electron chi connectivity index (χ1n) is 7.51. The summed E-state index contributed by atoms with van der Waals surface area (Å²) in [5, 5.41) is 1.69. The number of nitrogens with zero attached hydrogens (tertiary/aromatic N) is 1. The van der Waals surface area contributed by atoms with Crippen molar-refractivity contribution in [3.05, 3.63) is 34.7 Å². The van der Waals surface area contributed by atoms with E-state index in [9.17, 15) is 18.9 Å². The molecule has 1 aliphatic rings. The van der Waals surface area contributed by atoms with Crippen LogP contribution in [0.25, 0.3) is 0 Å². The van der Waals surface area contributed by atoms with Crippen LogP contribution < -0.4 is 5.18 Å². The SMILES string of the molecule is CC(C)(C)OC(=O)N1CC(F)C(OC(=O)c2ccc([NH+]=O)cc2)C1. The Labute approximate surface area is 138 Å². The Morgan fingerprint density at radius 3 is 2.38 bits per heavy atom. The molecule has 0 aromatic heterocycles. The monoisotopic (exact) mass is 339 g/mol. The lowest BCUT2D eigenvalue weighted by Crippen LogP contribution is -2.55. The number of halogens is 1. The van der Waals surface area contributed by atoms with Crippen LogP contribution in [-0.4, -0.2) is 47.9 Å². The largest absolute Gasteiger partial charge is 0.454 e. The quantitative estimate of drug-likeness (QED) is 0.838. The maximum absolute atomic E-state index is 14.0. The van der Waals surface area contributed by atoms with Crippen LogP contribution in [0, 0.1) is 4.91 Å². The van der Waals surface area contributed by atoms with Gasteiger partial charge in [0.05, 0.1) is 18.7 Å². The Balaban J connectivity index is 1.96. The standard InChI is InChI=1S/C16H19FN2O5/c1-16(2,3)24-15(21)19-8-12(17)13(9-19)23-14(20)10-4-6-11(18-22)7-5-10/h4-7,12-13H,8-9H2,1-3H3/p+1. The third-order valence-corrected chi connectivity index (χ3v) is 3.35. The summed E-state index contributed by atoms with van der Waals surface area (Å²) in [6.45, 7) is 4.89. The number of hydrogen-bond donors (Lipinski definition) is 1. The van der Waals surface area contributed by atoms with E-state index in [2.05, 4.69) is 0 Å². The highest BCUT2D eigenvalue weighted by molar-refractivity contribution is 5.89. The molecule has 8 heteroatoms. The van der Waals surface area contributed by atoms with Crippen molar-refractivity contribution in [3.8, 4) is 0 Å². The average molecular weight is 339 g/mol. The summed E-state index contributed by atoms with van der Waals surface area (Å²) >= 11 is 0. The summed E-state index contributed by atoms with van der Waals surface area (Å²) in [6, 6.07) is 5.63. The smallest absolute Gasteiger partial charge is 0.410 e. The lowest BCUT2D eigenvalue weighted by molar-refractivity contribution is -0.379. The normalized spacial score (nSPS) is 20.6. The Morgan fingerprint density at radius 1 is 1.21 bits per heavy atom. The number of carbonyl (C=O) groups excluding carboxylic acids is 2. The van der Waals surface area contributed by atoms with E-state index in [0.717, 1.165) is 0 Å². The molecule has 7 nitrogen and oxygen atoms in total. The second-order valence-corrected chi connectivity index (χ2v) is 6.52. The number of alkyl halides is 1. The number of rotatable bonds is 3. The highest BCUT2D eigenvalue weighted by Gasteiger charge is 2.39. The number of nitrogens with one attached hydrogen (secondary N) is 1. The molecule has 2 unspecified atom stereocenters. The minimum absolute atomic E-state index is 0.0674. The van der Waals surface area contributed by atoms with Gasteiger partial charge >= 0.3 is 12.1 Å². The molecule has 0 bridgehead atoms. The maximum atomic E-state index is 14.0. The molecule has 1 heterocycles. The van der Waals surface area contributed by atoms with Crippen molar-refractivity contribution in [2.24, 2.45) is 0 Å². The Kier molecular flexibility index (Phi) is 5.16. The number of amides is 1. The maximum Gasteiger partial charge on any atom is 0.410 e. The molecule has 2 atom stereocenters. The first kappa shape index (κ1) is 17.8. The molecule has 0 spiro atoms. The second kappa shape index (κ2) is 6.94. The number of hydrogen-bond acceptors (Lipinski definition) is 5. The molecule has 1 fully saturated rings. The Bertz CT molecular complexity index is 626. The third kappa shape index (κ3) is 4.50. The van der Waals surface area contributed by atoms with E-state index < -0.39 is 29.9 Å². The lowest BCUT2D eigenvalue weighted by Gasteiger charge is -2.24. The van der Waals surface area contributed by atoms with Gasteiger partial charge in [0.2, 0.25) is 0 Å². The van der Waals surface area contributed by atoms with E-state index in [1.807, 2.05) is 0 Å². The molecule has 1 amide bonds. The fourth-order valence-electron chi connectivity index (χ4n) is 2.20. The molecule has 1 aromatic carbocycles. The number of benzene rings is 1. The number of carbonyl (C=O) groups is 2. The van der Waals surface area contributed by atoms with Gasteiger partial charge in [0.15, 0.2) is 12.3 Å². The molecular formula is C16H20FN2O5+. The summed E-state index contributed by atoms with van der Waals surface area (Å²) in [5.41, 5.74) is -0.196. The molecule has 1 N–H and O–H groups in total. The van der Waals surface area contributed by atoms with Gasteiger partial charge in [-0.3, -0.25) is 0 Å². The fourth-order valence-corrected chi connectivity index (χ4v) is 2.20. The van der Waals surface area contributed by atoms with Crippen LogP contribution in [0.5, 0.6) is 0 Å². The minimum Gasteiger partial charge on any atom is -0.454 e. The van der Waals surface area contributed by atoms with Crippen molar-refractivity contribution in [2.45, 2.75) is 38.6 Å². The molecule has 0 saturated carbocycles. The third-order valence-electron chi connectivity index (χ3n) is 3.35. The van der Waals surface area contributed by atoms with Crippen LogP contribution in [0.3, 0.4) is 0 Å². The number of esters is 1. The van der Waals surface area contributed by atoms with E-state index in [1.54, 1.807) is 25.9 Å². The van der Waals surface area contributed by atoms with Crippen molar-refractivity contribution in [1.29, 1.82) is 0 Å². The zero-order valence-electron chi connectivity index (χ0n) is 13.7. The van der Waals surface area contributed by atoms with E-state index in [-0.39, 0.29) is 18.7 Å². The van der Waals surface area contributed by atoms with Gasteiger partial charge in [-0.05, 0) is 32.9 Å². The van der Waals surface area contributed by atoms with Crippen molar-refractivity contribution in [2.75, 3.05) is 13.1 Å². The van der Waals surface area contributed by atoms with Gasteiger partial charge in [-0.15, -0.1) is 0 Å². The van der Waals surface area contributed by atoms with Crippen LogP contribution in [0.2, 0.25) is 0 Å². The van der Waals surface area contributed by atoms with Crippen molar-refractivity contribution in [3.63, 3.8) is 0 Å². The highest BCUT2D eigenvalue weighted by atomic mass is 19.1. The van der Waals surface area contributed by atoms with Crippen molar-refractivity contribution in [1.82, 2.24) is 4.90 Å². The van der Waals surface area contributed by atoms with Gasteiger partial charge in [-0.1, -0.05) is 0 Å². The minimum atomic E-state index is -1.48. The van der Waals surface area contributed by atoms with Crippen molar-refractivity contribution >= 4 is 17.7 Å². The molecular weight excluding hydrogens is 319 g/mol. The van der Waals surface area contributed by atoms with E-state index >= 15 is 0 Å². The number of ether oxygens (including phenoxy) is 2. The van der Waals surface area contributed by atoms with Gasteiger partial charge in [0.25, 0.3) is 5.69 Å². The van der Waals surface area contributed by atoms with Gasteiger partial charge in [0, 0.05) is 22.2 Å². The Hall–Kier alpha value is -2.51. The highest BCUT2D eigenvalue weighted by Crippen LogP contribution is 2.21. The first-order chi connectivity index (χ1) is 11.2. The zero-order chi connectivity index (χ0) is 17.9. The lowest BCUT2D eigenvalue weighted by atomic mass is 10.2. The van der Waals surface area contributed by atoms with Crippen LogP contribution >= 0.6 is 0 Å². The predicted octanol–water partition coefficient (Wildman–Crippen LogP) is 1.28. The summed E-state index contributed by atoms with van der Waals surface area (Å²) in [5.74, 6) is -0.717. The van der Waals surface area contributed by atoms with Crippen LogP contribution in [0.15, 0.2) is 24.3 Å². The molecule has 24 heavy (non-hydrogen) atoms. The van der Waals surface area contributed by atoms with Crippen LogP contribution in [-0.2, 0) is 9.47 Å². The van der Waals surface area contributed by atoms with Gasteiger partial charge in [-0.2, -0.15) is 0 Å². The van der Waals surface area contributed by atoms with Crippen LogP contribution in [0.1, 0.15) is 31.1 Å². The van der Waals surface area contributed by atoms with E-state index in [1.165, 1.54) is 29.2 Å². The molecule has 1 aromatic rings.